The lowest BCUT2D eigenvalue weighted by Crippen LogP contribution is -2.22. The Bertz CT molecular complexity index is 882. The van der Waals surface area contributed by atoms with E-state index in [2.05, 4.69) is 0 Å². The van der Waals surface area contributed by atoms with Crippen molar-refractivity contribution < 1.29 is 36.4 Å². The van der Waals surface area contributed by atoms with Gasteiger partial charge in [-0.05, 0) is 30.5 Å². The van der Waals surface area contributed by atoms with E-state index in [1.54, 1.807) is 36.4 Å². The zero-order valence-electron chi connectivity index (χ0n) is 13.5. The van der Waals surface area contributed by atoms with Crippen molar-refractivity contribution >= 4 is 17.7 Å². The predicted octanol–water partition coefficient (Wildman–Crippen LogP) is 3.12. The molecule has 3 N–H and O–H groups in total. The van der Waals surface area contributed by atoms with E-state index < -0.39 is 41.0 Å². The van der Waals surface area contributed by atoms with Crippen LogP contribution in [0.3, 0.4) is 0 Å². The molecule has 10 heteroatoms. The van der Waals surface area contributed by atoms with E-state index in [0.29, 0.717) is 5.56 Å². The lowest BCUT2D eigenvalue weighted by molar-refractivity contribution is 0.183. The summed E-state index contributed by atoms with van der Waals surface area (Å²) in [5.41, 5.74) is 0.565. The summed E-state index contributed by atoms with van der Waals surface area (Å²) in [4.78, 5) is 16.1. The summed E-state index contributed by atoms with van der Waals surface area (Å²) in [6.07, 6.45) is -1.62. The van der Waals surface area contributed by atoms with Gasteiger partial charge in [0.2, 0.25) is 0 Å². The molecule has 2 atom stereocenters. The van der Waals surface area contributed by atoms with Crippen LogP contribution in [0.15, 0.2) is 54.6 Å². The molecule has 0 saturated heterocycles. The number of hydrogen-bond donors (Lipinski definition) is 3. The monoisotopic (exact) mass is 404 g/mol. The van der Waals surface area contributed by atoms with Crippen molar-refractivity contribution in [2.75, 3.05) is 0 Å². The quantitative estimate of drug-likeness (QED) is 0.457. The molecule has 2 unspecified atom stereocenters. The van der Waals surface area contributed by atoms with Crippen molar-refractivity contribution in [2.24, 2.45) is 0 Å². The van der Waals surface area contributed by atoms with E-state index in [1.807, 2.05) is 0 Å². The molecule has 0 spiro atoms. The number of halogens is 1. The van der Waals surface area contributed by atoms with Gasteiger partial charge in [0, 0.05) is 0 Å². The highest BCUT2D eigenvalue weighted by Gasteiger charge is 2.40. The molecule has 0 bridgehead atoms. The maximum Gasteiger partial charge on any atom is 0.346 e. The second kappa shape index (κ2) is 8.28. The van der Waals surface area contributed by atoms with Gasteiger partial charge in [-0.15, -0.1) is 0 Å². The van der Waals surface area contributed by atoms with Gasteiger partial charge >= 0.3 is 7.60 Å². The first-order valence-electron chi connectivity index (χ1n) is 7.56. The zero-order valence-corrected chi connectivity index (χ0v) is 15.2. The fraction of sp³-hybridized carbons (Fsp3) is 0.250. The van der Waals surface area contributed by atoms with Gasteiger partial charge in [-0.25, -0.2) is 4.39 Å². The van der Waals surface area contributed by atoms with Gasteiger partial charge in [-0.1, -0.05) is 42.5 Å². The summed E-state index contributed by atoms with van der Waals surface area (Å²) in [6.45, 7) is 0. The van der Waals surface area contributed by atoms with Crippen LogP contribution in [0.5, 0.6) is 5.75 Å². The molecule has 0 amide bonds. The Morgan fingerprint density at radius 2 is 1.58 bits per heavy atom. The van der Waals surface area contributed by atoms with Crippen LogP contribution < -0.4 is 4.74 Å². The van der Waals surface area contributed by atoms with Crippen molar-refractivity contribution in [3.63, 3.8) is 0 Å². The molecule has 0 radical (unpaired) electrons. The molecule has 0 heterocycles. The molecular formula is C16H18FO7PS. The molecule has 0 fully saturated rings. The smallest absolute Gasteiger partial charge is 0.346 e. The van der Waals surface area contributed by atoms with Gasteiger partial charge in [-0.3, -0.25) is 9.12 Å². The van der Waals surface area contributed by atoms with E-state index in [-0.39, 0.29) is 12.2 Å². The lowest BCUT2D eigenvalue weighted by Gasteiger charge is -2.22. The van der Waals surface area contributed by atoms with Crippen molar-refractivity contribution in [2.45, 2.75) is 23.9 Å². The van der Waals surface area contributed by atoms with Gasteiger partial charge in [0.15, 0.2) is 16.6 Å². The average Bonchev–Trinajstić information content (AvgIpc) is 2.54. The van der Waals surface area contributed by atoms with Crippen LogP contribution in [0.2, 0.25) is 0 Å². The number of hydrogen-bond acceptors (Lipinski definition) is 4. The van der Waals surface area contributed by atoms with E-state index in [4.69, 9.17) is 9.29 Å². The third kappa shape index (κ3) is 5.62. The molecule has 0 aromatic heterocycles. The van der Waals surface area contributed by atoms with Crippen molar-refractivity contribution in [3.8, 4) is 5.75 Å². The average molecular weight is 404 g/mol. The molecule has 142 valence electrons. The molecule has 7 nitrogen and oxygen atoms in total. The standard InChI is InChI=1S/C16H18FO7PS/c17-13-8-4-5-9-15(13)24-14(12-6-2-1-3-7-12)10-11-16(25(18,19)20)26(21,22)23/h1-9,14,16H,10-11H2,(H2,18,19,20)(H,21,22,23). The molecule has 26 heavy (non-hydrogen) atoms. The highest BCUT2D eigenvalue weighted by atomic mass is 32.2. The largest absolute Gasteiger partial charge is 0.483 e. The molecule has 0 aliphatic heterocycles. The van der Waals surface area contributed by atoms with Gasteiger partial charge in [0.1, 0.15) is 6.10 Å². The number of rotatable bonds is 8. The summed E-state index contributed by atoms with van der Waals surface area (Å²) in [5.74, 6) is -0.712. The molecule has 2 aromatic carbocycles. The summed E-state index contributed by atoms with van der Waals surface area (Å²) >= 11 is 0. The topological polar surface area (TPSA) is 121 Å². The lowest BCUT2D eigenvalue weighted by atomic mass is 10.1. The van der Waals surface area contributed by atoms with Gasteiger partial charge in [0.25, 0.3) is 10.1 Å². The van der Waals surface area contributed by atoms with E-state index in [0.717, 1.165) is 0 Å². The summed E-state index contributed by atoms with van der Waals surface area (Å²) in [7, 11) is -10.1. The van der Waals surface area contributed by atoms with Crippen LogP contribution in [-0.2, 0) is 14.7 Å². The minimum Gasteiger partial charge on any atom is -0.483 e. The Morgan fingerprint density at radius 1 is 1.00 bits per heavy atom. The number of para-hydroxylation sites is 1. The van der Waals surface area contributed by atoms with Crippen LogP contribution in [0, 0.1) is 5.82 Å². The van der Waals surface area contributed by atoms with Crippen molar-refractivity contribution in [3.05, 3.63) is 66.0 Å². The van der Waals surface area contributed by atoms with Gasteiger partial charge in [-0.2, -0.15) is 8.42 Å². The SMILES string of the molecule is O=P(O)(O)C(CCC(Oc1ccccc1F)c1ccccc1)S(=O)(=O)O. The Kier molecular flexibility index (Phi) is 6.54. The normalized spacial score (nSPS) is 14.6. The molecule has 2 rings (SSSR count). The maximum atomic E-state index is 13.9. The van der Waals surface area contributed by atoms with Gasteiger partial charge < -0.3 is 14.5 Å². The summed E-state index contributed by atoms with van der Waals surface area (Å²) in [6, 6.07) is 14.0. The number of benzene rings is 2. The van der Waals surface area contributed by atoms with Crippen LogP contribution in [-0.4, -0.2) is 27.7 Å². The van der Waals surface area contributed by atoms with Crippen LogP contribution in [0.4, 0.5) is 4.39 Å². The molecule has 2 aromatic rings. The zero-order chi connectivity index (χ0) is 19.4. The fourth-order valence-corrected chi connectivity index (χ4v) is 4.75. The van der Waals surface area contributed by atoms with Crippen molar-refractivity contribution in [1.82, 2.24) is 0 Å². The first-order chi connectivity index (χ1) is 12.1. The minimum absolute atomic E-state index is 0.0825. The molecule has 0 aliphatic carbocycles. The second-order valence-electron chi connectivity index (χ2n) is 5.58. The minimum atomic E-state index is -5.10. The van der Waals surface area contributed by atoms with E-state index >= 15 is 0 Å². The van der Waals surface area contributed by atoms with E-state index in [9.17, 15) is 27.2 Å². The summed E-state index contributed by atoms with van der Waals surface area (Å²) < 4.78 is 62.6. The van der Waals surface area contributed by atoms with E-state index in [1.165, 1.54) is 18.2 Å². The second-order valence-corrected chi connectivity index (χ2v) is 9.33. The Hall–Kier alpha value is -1.77. The molecule has 0 aliphatic rings. The fourth-order valence-electron chi connectivity index (χ4n) is 2.44. The van der Waals surface area contributed by atoms with Crippen LogP contribution in [0.25, 0.3) is 0 Å². The maximum absolute atomic E-state index is 13.9. The highest BCUT2D eigenvalue weighted by molar-refractivity contribution is 7.93. The third-order valence-electron chi connectivity index (χ3n) is 3.67. The molecule has 0 saturated carbocycles. The summed E-state index contributed by atoms with van der Waals surface area (Å²) in [5, 5.41) is 0. The van der Waals surface area contributed by atoms with Crippen molar-refractivity contribution in [1.29, 1.82) is 0 Å². The highest BCUT2D eigenvalue weighted by Crippen LogP contribution is 2.47. The molecular weight excluding hydrogens is 386 g/mol. The Balaban J connectivity index is 2.28. The Morgan fingerprint density at radius 3 is 2.12 bits per heavy atom. The van der Waals surface area contributed by atoms with Crippen LogP contribution in [0.1, 0.15) is 24.5 Å². The Labute approximate surface area is 150 Å². The number of ether oxygens (including phenoxy) is 1. The predicted molar refractivity (Wildman–Crippen MR) is 92.8 cm³/mol. The third-order valence-corrected chi connectivity index (χ3v) is 7.23. The van der Waals surface area contributed by atoms with Crippen LogP contribution >= 0.6 is 7.60 Å². The first-order valence-corrected chi connectivity index (χ1v) is 10.7. The first kappa shape index (κ1) is 20.5. The van der Waals surface area contributed by atoms with Gasteiger partial charge in [0.05, 0.1) is 0 Å².